The summed E-state index contributed by atoms with van der Waals surface area (Å²) in [6.45, 7) is 0. The van der Waals surface area contributed by atoms with Crippen molar-refractivity contribution in [1.29, 1.82) is 0 Å². The van der Waals surface area contributed by atoms with Crippen molar-refractivity contribution in [3.8, 4) is 11.4 Å². The Hall–Kier alpha value is -3.04. The fraction of sp³-hybridized carbons (Fsp3) is 0.0500. The lowest BCUT2D eigenvalue weighted by molar-refractivity contribution is 0.386. The van der Waals surface area contributed by atoms with E-state index in [-0.39, 0.29) is 11.3 Å². The van der Waals surface area contributed by atoms with Gasteiger partial charge in [-0.3, -0.25) is 9.71 Å². The Morgan fingerprint density at radius 1 is 0.966 bits per heavy atom. The molecule has 0 aliphatic rings. The van der Waals surface area contributed by atoms with Crippen LogP contribution in [0.2, 0.25) is 0 Å². The summed E-state index contributed by atoms with van der Waals surface area (Å²) >= 11 is 3.30. The molecule has 0 atom stereocenters. The summed E-state index contributed by atoms with van der Waals surface area (Å²) < 4.78 is 34.2. The van der Waals surface area contributed by atoms with Crippen molar-refractivity contribution in [3.63, 3.8) is 0 Å². The summed E-state index contributed by atoms with van der Waals surface area (Å²) in [6.07, 6.45) is 3.59. The smallest absolute Gasteiger partial charge is 0.261 e. The van der Waals surface area contributed by atoms with Crippen LogP contribution in [0.15, 0.2) is 86.9 Å². The number of benzene rings is 2. The van der Waals surface area contributed by atoms with Crippen LogP contribution in [0.25, 0.3) is 11.4 Å². The standard InChI is InChI=1S/C20H15BrN4O3S/c21-16-5-7-17(8-6-16)29(26,27)25-18-4-2-1-3-15(18)13-19-23-20(24-28-19)14-9-11-22-12-10-14/h1-12,25H,13H2. The lowest BCUT2D eigenvalue weighted by atomic mass is 10.1. The zero-order valence-corrected chi connectivity index (χ0v) is 17.4. The Bertz CT molecular complexity index is 1230. The molecule has 0 aliphatic heterocycles. The van der Waals surface area contributed by atoms with Crippen molar-refractivity contribution < 1.29 is 12.9 Å². The molecule has 0 fully saturated rings. The molecule has 4 rings (SSSR count). The van der Waals surface area contributed by atoms with Gasteiger partial charge in [0, 0.05) is 22.4 Å². The molecule has 1 N–H and O–H groups in total. The van der Waals surface area contributed by atoms with Crippen molar-refractivity contribution in [2.45, 2.75) is 11.3 Å². The Kier molecular flexibility index (Phi) is 5.41. The van der Waals surface area contributed by atoms with Gasteiger partial charge >= 0.3 is 0 Å². The normalized spacial score (nSPS) is 11.3. The summed E-state index contributed by atoms with van der Waals surface area (Å²) in [4.78, 5) is 8.53. The van der Waals surface area contributed by atoms with E-state index in [1.165, 1.54) is 12.1 Å². The molecule has 0 bridgehead atoms. The van der Waals surface area contributed by atoms with Crippen molar-refractivity contribution >= 4 is 31.6 Å². The van der Waals surface area contributed by atoms with Crippen LogP contribution in [-0.2, 0) is 16.4 Å². The second kappa shape index (κ2) is 8.14. The molecule has 29 heavy (non-hydrogen) atoms. The topological polar surface area (TPSA) is 98.0 Å². The minimum Gasteiger partial charge on any atom is -0.339 e. The Labute approximate surface area is 176 Å². The number of para-hydroxylation sites is 1. The number of pyridine rings is 1. The average molecular weight is 471 g/mol. The molecule has 9 heteroatoms. The number of halogens is 1. The number of anilines is 1. The van der Waals surface area contributed by atoms with E-state index in [4.69, 9.17) is 4.52 Å². The highest BCUT2D eigenvalue weighted by atomic mass is 79.9. The maximum absolute atomic E-state index is 12.7. The molecule has 2 aromatic heterocycles. The molecule has 0 spiro atoms. The van der Waals surface area contributed by atoms with Crippen LogP contribution in [-0.4, -0.2) is 23.5 Å². The molecule has 0 saturated heterocycles. The number of hydrogen-bond acceptors (Lipinski definition) is 6. The van der Waals surface area contributed by atoms with E-state index in [1.54, 1.807) is 48.8 Å². The maximum Gasteiger partial charge on any atom is 0.261 e. The average Bonchev–Trinajstić information content (AvgIpc) is 3.19. The van der Waals surface area contributed by atoms with Crippen LogP contribution in [0.3, 0.4) is 0 Å². The van der Waals surface area contributed by atoms with E-state index in [0.29, 0.717) is 17.4 Å². The second-order valence-corrected chi connectivity index (χ2v) is 8.74. The quantitative estimate of drug-likeness (QED) is 0.451. The van der Waals surface area contributed by atoms with Gasteiger partial charge < -0.3 is 4.52 Å². The molecular weight excluding hydrogens is 456 g/mol. The van der Waals surface area contributed by atoms with Gasteiger partial charge in [-0.2, -0.15) is 4.98 Å². The zero-order chi connectivity index (χ0) is 20.3. The molecule has 0 aliphatic carbocycles. The minimum atomic E-state index is -3.73. The molecule has 0 radical (unpaired) electrons. The van der Waals surface area contributed by atoms with Crippen LogP contribution in [0, 0.1) is 0 Å². The molecule has 4 aromatic rings. The van der Waals surface area contributed by atoms with Gasteiger partial charge in [0.1, 0.15) is 0 Å². The molecule has 146 valence electrons. The van der Waals surface area contributed by atoms with Gasteiger partial charge in [0.05, 0.1) is 17.0 Å². The van der Waals surface area contributed by atoms with Crippen molar-refractivity contribution in [2.75, 3.05) is 4.72 Å². The third-order valence-electron chi connectivity index (χ3n) is 4.13. The van der Waals surface area contributed by atoms with Crippen LogP contribution in [0.1, 0.15) is 11.5 Å². The number of rotatable bonds is 6. The van der Waals surface area contributed by atoms with Gasteiger partial charge in [-0.1, -0.05) is 39.3 Å². The van der Waals surface area contributed by atoms with Crippen LogP contribution >= 0.6 is 15.9 Å². The van der Waals surface area contributed by atoms with Gasteiger partial charge in [0.2, 0.25) is 11.7 Å². The van der Waals surface area contributed by atoms with E-state index in [9.17, 15) is 8.42 Å². The lowest BCUT2D eigenvalue weighted by Gasteiger charge is -2.11. The monoisotopic (exact) mass is 470 g/mol. The first-order chi connectivity index (χ1) is 14.0. The highest BCUT2D eigenvalue weighted by Gasteiger charge is 2.17. The first-order valence-electron chi connectivity index (χ1n) is 8.60. The summed E-state index contributed by atoms with van der Waals surface area (Å²) in [7, 11) is -3.73. The summed E-state index contributed by atoms with van der Waals surface area (Å²) in [5.41, 5.74) is 1.97. The Morgan fingerprint density at radius 3 is 2.45 bits per heavy atom. The third-order valence-corrected chi connectivity index (χ3v) is 6.04. The largest absolute Gasteiger partial charge is 0.339 e. The minimum absolute atomic E-state index is 0.174. The molecule has 7 nitrogen and oxygen atoms in total. The van der Waals surface area contributed by atoms with Gasteiger partial charge in [0.15, 0.2) is 0 Å². The summed E-state index contributed by atoms with van der Waals surface area (Å²) in [5, 5.41) is 3.99. The first kappa shape index (κ1) is 19.3. The molecule has 2 heterocycles. The fourth-order valence-corrected chi connectivity index (χ4v) is 4.06. The number of nitrogens with zero attached hydrogens (tertiary/aromatic N) is 3. The molecule has 0 amide bonds. The van der Waals surface area contributed by atoms with Crippen LogP contribution in [0.5, 0.6) is 0 Å². The summed E-state index contributed by atoms with van der Waals surface area (Å²) in [6, 6.07) is 17.1. The van der Waals surface area contributed by atoms with E-state index in [1.807, 2.05) is 12.1 Å². The predicted octanol–water partition coefficient (Wildman–Crippen LogP) is 4.29. The number of sulfonamides is 1. The fourth-order valence-electron chi connectivity index (χ4n) is 2.70. The van der Waals surface area contributed by atoms with Crippen LogP contribution < -0.4 is 4.72 Å². The van der Waals surface area contributed by atoms with Crippen LogP contribution in [0.4, 0.5) is 5.69 Å². The van der Waals surface area contributed by atoms with E-state index < -0.39 is 10.0 Å². The van der Waals surface area contributed by atoms with Gasteiger partial charge in [0.25, 0.3) is 10.0 Å². The number of hydrogen-bond donors (Lipinski definition) is 1. The van der Waals surface area contributed by atoms with Crippen molar-refractivity contribution in [3.05, 3.63) is 89.0 Å². The number of aromatic nitrogens is 3. The first-order valence-corrected chi connectivity index (χ1v) is 10.9. The Balaban J connectivity index is 1.58. The predicted molar refractivity (Wildman–Crippen MR) is 112 cm³/mol. The van der Waals surface area contributed by atoms with E-state index >= 15 is 0 Å². The Morgan fingerprint density at radius 2 is 1.69 bits per heavy atom. The van der Waals surface area contributed by atoms with Crippen molar-refractivity contribution in [2.24, 2.45) is 0 Å². The summed E-state index contributed by atoms with van der Waals surface area (Å²) in [5.74, 6) is 0.836. The highest BCUT2D eigenvalue weighted by Crippen LogP contribution is 2.24. The molecular formula is C20H15BrN4O3S. The maximum atomic E-state index is 12.7. The van der Waals surface area contributed by atoms with E-state index in [0.717, 1.165) is 15.6 Å². The molecule has 0 unspecified atom stereocenters. The van der Waals surface area contributed by atoms with Gasteiger partial charge in [-0.15, -0.1) is 0 Å². The highest BCUT2D eigenvalue weighted by molar-refractivity contribution is 9.10. The number of nitrogens with one attached hydrogen (secondary N) is 1. The second-order valence-electron chi connectivity index (χ2n) is 6.14. The van der Waals surface area contributed by atoms with Gasteiger partial charge in [-0.05, 0) is 48.0 Å². The van der Waals surface area contributed by atoms with Crippen molar-refractivity contribution in [1.82, 2.24) is 15.1 Å². The SMILES string of the molecule is O=S(=O)(Nc1ccccc1Cc1nc(-c2ccncc2)no1)c1ccc(Br)cc1. The zero-order valence-electron chi connectivity index (χ0n) is 15.0. The lowest BCUT2D eigenvalue weighted by Crippen LogP contribution is -2.14. The molecule has 0 saturated carbocycles. The third kappa shape index (κ3) is 4.52. The molecule has 2 aromatic carbocycles. The van der Waals surface area contributed by atoms with E-state index in [2.05, 4.69) is 35.8 Å². The van der Waals surface area contributed by atoms with Gasteiger partial charge in [-0.25, -0.2) is 8.42 Å².